The average molecular weight is 229 g/mol. The van der Waals surface area contributed by atoms with Crippen LogP contribution < -0.4 is 0 Å². The van der Waals surface area contributed by atoms with E-state index in [0.29, 0.717) is 6.04 Å². The lowest BCUT2D eigenvalue weighted by Crippen LogP contribution is -2.29. The minimum atomic E-state index is 0.671. The fourth-order valence-corrected chi connectivity index (χ4v) is 2.85. The molecule has 2 rings (SSSR count). The molecule has 0 N–H and O–H groups in total. The molecular formula is C16H23N. The van der Waals surface area contributed by atoms with Gasteiger partial charge in [0.2, 0.25) is 0 Å². The number of fused-ring (bicyclic) bond motifs is 1. The van der Waals surface area contributed by atoms with E-state index in [1.54, 1.807) is 0 Å². The zero-order chi connectivity index (χ0) is 12.3. The van der Waals surface area contributed by atoms with Crippen molar-refractivity contribution in [2.45, 2.75) is 52.1 Å². The van der Waals surface area contributed by atoms with Crippen LogP contribution in [0.4, 0.5) is 0 Å². The Morgan fingerprint density at radius 3 is 2.41 bits per heavy atom. The third-order valence-electron chi connectivity index (χ3n) is 3.70. The van der Waals surface area contributed by atoms with Gasteiger partial charge >= 0.3 is 0 Å². The molecular weight excluding hydrogens is 206 g/mol. The summed E-state index contributed by atoms with van der Waals surface area (Å²) in [7, 11) is 0. The molecule has 1 nitrogen and oxygen atoms in total. The van der Waals surface area contributed by atoms with Crippen LogP contribution in [0.25, 0.3) is 5.70 Å². The molecule has 0 saturated carbocycles. The second kappa shape index (κ2) is 5.39. The second-order valence-electron chi connectivity index (χ2n) is 4.96. The van der Waals surface area contributed by atoms with Crippen molar-refractivity contribution in [3.63, 3.8) is 0 Å². The fraction of sp³-hybridized carbons (Fsp3) is 0.500. The number of hydrogen-bond donors (Lipinski definition) is 0. The summed E-state index contributed by atoms with van der Waals surface area (Å²) in [6.45, 7) is 9.89. The minimum absolute atomic E-state index is 0.671. The Hall–Kier alpha value is -1.24. The summed E-state index contributed by atoms with van der Waals surface area (Å²) in [4.78, 5) is 2.51. The van der Waals surface area contributed by atoms with Gasteiger partial charge in [0.15, 0.2) is 0 Å². The highest BCUT2D eigenvalue weighted by molar-refractivity contribution is 5.69. The van der Waals surface area contributed by atoms with E-state index in [1.807, 2.05) is 0 Å². The van der Waals surface area contributed by atoms with Gasteiger partial charge in [-0.15, -0.1) is 0 Å². The molecule has 0 radical (unpaired) electrons. The van der Waals surface area contributed by atoms with Crippen molar-refractivity contribution < 1.29 is 0 Å². The summed E-state index contributed by atoms with van der Waals surface area (Å²) in [6.07, 6.45) is 5.07. The quantitative estimate of drug-likeness (QED) is 0.721. The lowest BCUT2D eigenvalue weighted by Gasteiger charge is -2.30. The third kappa shape index (κ3) is 2.38. The highest BCUT2D eigenvalue weighted by Gasteiger charge is 2.26. The summed E-state index contributed by atoms with van der Waals surface area (Å²) < 4.78 is 0. The molecule has 92 valence electrons. The number of nitrogens with zero attached hydrogens (tertiary/aromatic N) is 1. The Morgan fingerprint density at radius 2 is 1.82 bits per heavy atom. The van der Waals surface area contributed by atoms with E-state index >= 15 is 0 Å². The first-order chi connectivity index (χ1) is 8.27. The monoisotopic (exact) mass is 229 g/mol. The Kier molecular flexibility index (Phi) is 3.88. The Morgan fingerprint density at radius 1 is 1.18 bits per heavy atom. The van der Waals surface area contributed by atoms with Crippen LogP contribution in [0.2, 0.25) is 0 Å². The van der Waals surface area contributed by atoms with Crippen LogP contribution in [0.5, 0.6) is 0 Å². The van der Waals surface area contributed by atoms with E-state index in [1.165, 1.54) is 42.5 Å². The predicted molar refractivity (Wildman–Crippen MR) is 74.6 cm³/mol. The second-order valence-corrected chi connectivity index (χ2v) is 4.96. The maximum atomic E-state index is 4.29. The first-order valence-corrected chi connectivity index (χ1v) is 6.81. The molecule has 1 heterocycles. The van der Waals surface area contributed by atoms with Crippen molar-refractivity contribution in [3.05, 3.63) is 42.0 Å². The molecule has 1 aromatic carbocycles. The topological polar surface area (TPSA) is 3.24 Å². The maximum absolute atomic E-state index is 4.29. The summed E-state index contributed by atoms with van der Waals surface area (Å²) in [6, 6.07) is 9.35. The van der Waals surface area contributed by atoms with Gasteiger partial charge < -0.3 is 4.90 Å². The van der Waals surface area contributed by atoms with Crippen molar-refractivity contribution in [2.24, 2.45) is 0 Å². The lowest BCUT2D eigenvalue weighted by molar-refractivity contribution is 0.266. The molecule has 1 heteroatoms. The van der Waals surface area contributed by atoms with Gasteiger partial charge in [-0.05, 0) is 18.4 Å². The van der Waals surface area contributed by atoms with Crippen molar-refractivity contribution in [3.8, 4) is 0 Å². The first kappa shape index (κ1) is 12.2. The molecule has 0 aliphatic carbocycles. The van der Waals surface area contributed by atoms with E-state index in [0.717, 1.165) is 6.54 Å². The van der Waals surface area contributed by atoms with Crippen molar-refractivity contribution in [1.29, 1.82) is 0 Å². The number of rotatable bonds is 5. The molecule has 0 aromatic heterocycles. The van der Waals surface area contributed by atoms with Gasteiger partial charge in [0.1, 0.15) is 0 Å². The van der Waals surface area contributed by atoms with Crippen molar-refractivity contribution in [1.82, 2.24) is 4.90 Å². The normalized spacial score (nSPS) is 14.5. The third-order valence-corrected chi connectivity index (χ3v) is 3.70. The molecule has 0 saturated heterocycles. The van der Waals surface area contributed by atoms with Crippen molar-refractivity contribution >= 4 is 5.70 Å². The van der Waals surface area contributed by atoms with Gasteiger partial charge in [-0.25, -0.2) is 0 Å². The summed E-state index contributed by atoms with van der Waals surface area (Å²) in [5.41, 5.74) is 4.02. The van der Waals surface area contributed by atoms with E-state index in [-0.39, 0.29) is 0 Å². The molecule has 1 aliphatic heterocycles. The Balaban J connectivity index is 2.17. The van der Waals surface area contributed by atoms with Crippen LogP contribution in [0.15, 0.2) is 30.8 Å². The summed E-state index contributed by atoms with van der Waals surface area (Å²) in [5, 5.41) is 0. The van der Waals surface area contributed by atoms with Crippen LogP contribution in [-0.4, -0.2) is 10.9 Å². The number of benzene rings is 1. The van der Waals surface area contributed by atoms with Gasteiger partial charge in [0.05, 0.1) is 0 Å². The molecule has 0 atom stereocenters. The van der Waals surface area contributed by atoms with Crippen molar-refractivity contribution in [2.75, 3.05) is 0 Å². The largest absolute Gasteiger partial charge is 0.364 e. The van der Waals surface area contributed by atoms with Gasteiger partial charge in [0.25, 0.3) is 0 Å². The Bertz CT molecular complexity index is 388. The van der Waals surface area contributed by atoms with E-state index in [9.17, 15) is 0 Å². The fourth-order valence-electron chi connectivity index (χ4n) is 2.85. The van der Waals surface area contributed by atoms with Gasteiger partial charge in [-0.3, -0.25) is 0 Å². The standard InChI is InChI=1S/C16H23N/c1-4-8-15(9-5-2)17-12-14-10-6-7-11-16(14)13(17)3/h6-7,10-11,15H,3-5,8-9,12H2,1-2H3. The highest BCUT2D eigenvalue weighted by Crippen LogP contribution is 2.34. The van der Waals surface area contributed by atoms with Crippen LogP contribution in [0, 0.1) is 0 Å². The minimum Gasteiger partial charge on any atom is -0.364 e. The van der Waals surface area contributed by atoms with Gasteiger partial charge in [-0.1, -0.05) is 57.5 Å². The predicted octanol–water partition coefficient (Wildman–Crippen LogP) is 4.44. The van der Waals surface area contributed by atoms with E-state index in [2.05, 4.69) is 49.6 Å². The van der Waals surface area contributed by atoms with Gasteiger partial charge in [0, 0.05) is 23.8 Å². The Labute approximate surface area is 105 Å². The molecule has 0 bridgehead atoms. The zero-order valence-electron chi connectivity index (χ0n) is 11.1. The zero-order valence-corrected chi connectivity index (χ0v) is 11.1. The summed E-state index contributed by atoms with van der Waals surface area (Å²) in [5.74, 6) is 0. The SMILES string of the molecule is C=C1c2ccccc2CN1C(CCC)CCC. The van der Waals surface area contributed by atoms with Crippen LogP contribution in [0.3, 0.4) is 0 Å². The molecule has 0 spiro atoms. The first-order valence-electron chi connectivity index (χ1n) is 6.81. The van der Waals surface area contributed by atoms with E-state index < -0.39 is 0 Å². The smallest absolute Gasteiger partial charge is 0.0439 e. The molecule has 1 aromatic rings. The maximum Gasteiger partial charge on any atom is 0.0439 e. The van der Waals surface area contributed by atoms with Crippen LogP contribution >= 0.6 is 0 Å². The van der Waals surface area contributed by atoms with Gasteiger partial charge in [-0.2, -0.15) is 0 Å². The molecule has 1 aliphatic rings. The molecule has 17 heavy (non-hydrogen) atoms. The lowest BCUT2D eigenvalue weighted by atomic mass is 10.0. The molecule has 0 unspecified atom stereocenters. The van der Waals surface area contributed by atoms with E-state index in [4.69, 9.17) is 0 Å². The van der Waals surface area contributed by atoms with Crippen LogP contribution in [0.1, 0.15) is 50.7 Å². The van der Waals surface area contributed by atoms with Crippen LogP contribution in [-0.2, 0) is 6.54 Å². The summed E-state index contributed by atoms with van der Waals surface area (Å²) >= 11 is 0. The molecule has 0 amide bonds. The molecule has 0 fully saturated rings. The average Bonchev–Trinajstić information content (AvgIpc) is 2.67. The number of hydrogen-bond acceptors (Lipinski definition) is 1. The highest BCUT2D eigenvalue weighted by atomic mass is 15.2.